The van der Waals surface area contributed by atoms with Crippen molar-refractivity contribution in [1.82, 2.24) is 0 Å². The van der Waals surface area contributed by atoms with Crippen molar-refractivity contribution in [1.29, 1.82) is 0 Å². The van der Waals surface area contributed by atoms with Gasteiger partial charge >= 0.3 is 22.8 Å². The molecule has 12 nitrogen and oxygen atoms in total. The van der Waals surface area contributed by atoms with Gasteiger partial charge in [0.2, 0.25) is 0 Å². The Balaban J connectivity index is 0.0000123. The Morgan fingerprint density at radius 3 is 0.731 bits per heavy atom. The Kier molecular flexibility index (Phi) is 33.2. The first-order valence-electron chi connectivity index (χ1n) is 46.1. The summed E-state index contributed by atoms with van der Waals surface area (Å²) in [5, 5.41) is 1.09. The van der Waals surface area contributed by atoms with Gasteiger partial charge in [0.25, 0.3) is 6.29 Å². The summed E-state index contributed by atoms with van der Waals surface area (Å²) in [5.74, 6) is 1.69. The third kappa shape index (κ3) is 22.6. The summed E-state index contributed by atoms with van der Waals surface area (Å²) in [4.78, 5) is 0. The molecular formula is C103H131INO11P3. The zero-order valence-corrected chi connectivity index (χ0v) is 76.6. The lowest BCUT2D eigenvalue weighted by Crippen LogP contribution is -3.00. The molecule has 0 spiro atoms. The first-order valence-corrected chi connectivity index (χ1v) is 50.7. The predicted molar refractivity (Wildman–Crippen MR) is 482 cm³/mol. The Labute approximate surface area is 729 Å². The van der Waals surface area contributed by atoms with Crippen molar-refractivity contribution >= 4 is 38.7 Å². The maximum Gasteiger partial charge on any atom is 0.462 e. The molecule has 8 aromatic carbocycles. The highest BCUT2D eigenvalue weighted by Crippen LogP contribution is 2.65. The lowest BCUT2D eigenvalue weighted by atomic mass is 9.76. The van der Waals surface area contributed by atoms with E-state index in [9.17, 15) is 0 Å². The van der Waals surface area contributed by atoms with Crippen LogP contribution in [-0.4, -0.2) is 0 Å². The molecule has 636 valence electrons. The molecule has 0 radical (unpaired) electrons. The second-order valence-corrected chi connectivity index (χ2v) is 40.0. The van der Waals surface area contributed by atoms with E-state index in [-0.39, 0.29) is 29.9 Å². The van der Waals surface area contributed by atoms with Crippen LogP contribution in [0.15, 0.2) is 188 Å². The number of aromatic nitrogens is 1. The van der Waals surface area contributed by atoms with Gasteiger partial charge in [-0.1, -0.05) is 338 Å². The van der Waals surface area contributed by atoms with Crippen LogP contribution in [0.4, 0.5) is 0 Å². The van der Waals surface area contributed by atoms with Crippen molar-refractivity contribution in [2.45, 2.75) is 314 Å². The summed E-state index contributed by atoms with van der Waals surface area (Å²) in [6.45, 7) is 9.12. The fourth-order valence-electron chi connectivity index (χ4n) is 18.7. The fourth-order valence-corrected chi connectivity index (χ4v) is 23.5. The van der Waals surface area contributed by atoms with Crippen LogP contribution >= 0.6 is 22.8 Å². The first kappa shape index (κ1) is 89.5. The minimum atomic E-state index is -4.51. The standard InChI is InChI=1S/C103H131NO11P3.HI/c1-6-10-14-18-22-26-30-34-47-57-83-87-69-89-84(58-48-35-31-27-23-19-15-11-7-2)91-71-93-86(60-50-37-33-29-25-21-17-13-9-4)94-72-92-85(59-49-36-32-28-24-20-16-12-8-3)90-70-88(83)96-74-98(90)111-117(106,81-53-43-39-44-54-81)113-100(92)76-102(94)115-118(107,82-55-45-40-46-56-82)114-101(93)75-99(91)112-116(105,80-51-41-38-42-52-80)110-97(89)73-95(87)108-103(109-96)79-63-61-77(62-64-79)78-65-67-104(5)68-66-78;/h38-46,51-56,61-76,83-86,103H,6-37,47-50,57-60H2,1-5H3;1H/q+1;/p-1/t83?,84-,85+,86?,103?,116?,117?,118?;. The van der Waals surface area contributed by atoms with E-state index >= 15 is 13.7 Å². The molecule has 5 heterocycles. The number of halogens is 1. The van der Waals surface area contributed by atoms with Gasteiger partial charge < -0.3 is 60.6 Å². The van der Waals surface area contributed by atoms with E-state index in [0.717, 1.165) is 164 Å². The number of ether oxygens (including phenoxy) is 2. The minimum Gasteiger partial charge on any atom is -1.00 e. The smallest absolute Gasteiger partial charge is 0.462 e. The molecular weight excluding hydrogens is 1650 g/mol. The van der Waals surface area contributed by atoms with E-state index in [4.69, 9.17) is 36.6 Å². The first-order chi connectivity index (χ1) is 57.9. The van der Waals surface area contributed by atoms with Crippen molar-refractivity contribution in [3.8, 4) is 57.1 Å². The summed E-state index contributed by atoms with van der Waals surface area (Å²) >= 11 is 0. The molecule has 6 unspecified atom stereocenters. The maximum atomic E-state index is 17.1. The number of benzene rings is 8. The molecule has 16 heteroatoms. The third-order valence-electron chi connectivity index (χ3n) is 25.4. The SMILES string of the molecule is CCCCCCCCCCCC1c2cc3c4cc2OC(c2ccc(-c5cc[n+](C)cc5)cc2)Oc2cc5c(cc21)[C@H](CCCCCCCCCCC)c1cc2c(cc1OP(=O)(c1ccccc1)O5)OP(=O)(c1ccccc1)Oc1cc(c(cc1C2CCCCCCCCCCC)[C@@H]3CCCCCCCCCCC)OP(=O)(c1ccccc1)O4.[I-]. The van der Waals surface area contributed by atoms with Gasteiger partial charge in [-0.05, 0) is 97.5 Å². The molecule has 9 aromatic rings. The van der Waals surface area contributed by atoms with Gasteiger partial charge in [-0.3, -0.25) is 0 Å². The molecule has 1 aromatic heterocycles. The highest BCUT2D eigenvalue weighted by atomic mass is 127. The van der Waals surface area contributed by atoms with Crippen LogP contribution in [0.25, 0.3) is 11.1 Å². The van der Waals surface area contributed by atoms with Crippen LogP contribution in [0.2, 0.25) is 0 Å². The number of hydrogen-bond donors (Lipinski definition) is 0. The molecule has 0 N–H and O–H groups in total. The Hall–Kier alpha value is -7.27. The lowest BCUT2D eigenvalue weighted by molar-refractivity contribution is -0.671. The molecule has 4 aliphatic heterocycles. The number of aryl methyl sites for hydroxylation is 1. The fraction of sp³-hybridized carbons (Fsp3) is 0.485. The Bertz CT molecular complexity index is 4640. The quantitative estimate of drug-likeness (QED) is 0.0157. The van der Waals surface area contributed by atoms with Gasteiger partial charge in [0.05, 0.1) is 15.9 Å². The van der Waals surface area contributed by atoms with Crippen molar-refractivity contribution in [2.24, 2.45) is 7.05 Å². The van der Waals surface area contributed by atoms with Crippen molar-refractivity contribution in [2.75, 3.05) is 0 Å². The van der Waals surface area contributed by atoms with E-state index in [1.54, 1.807) is 12.1 Å². The highest BCUT2D eigenvalue weighted by Gasteiger charge is 2.47. The van der Waals surface area contributed by atoms with E-state index in [0.29, 0.717) is 81.2 Å². The second kappa shape index (κ2) is 44.2. The van der Waals surface area contributed by atoms with Gasteiger partial charge in [0.15, 0.2) is 12.4 Å². The largest absolute Gasteiger partial charge is 1.00 e. The van der Waals surface area contributed by atoms with Gasteiger partial charge in [-0.25, -0.2) is 18.3 Å². The van der Waals surface area contributed by atoms with E-state index in [2.05, 4.69) is 101 Å². The molecule has 0 fully saturated rings. The van der Waals surface area contributed by atoms with Crippen molar-refractivity contribution in [3.63, 3.8) is 0 Å². The van der Waals surface area contributed by atoms with Crippen LogP contribution in [0.5, 0.6) is 46.0 Å². The minimum absolute atomic E-state index is 0. The maximum absolute atomic E-state index is 17.1. The topological polar surface area (TPSA) is 129 Å². The lowest BCUT2D eigenvalue weighted by Gasteiger charge is -2.38. The second-order valence-electron chi connectivity index (χ2n) is 34.4. The van der Waals surface area contributed by atoms with Crippen LogP contribution in [0.1, 0.15) is 365 Å². The van der Waals surface area contributed by atoms with E-state index < -0.39 is 46.8 Å². The van der Waals surface area contributed by atoms with Crippen LogP contribution in [-0.2, 0) is 20.7 Å². The van der Waals surface area contributed by atoms with Gasteiger partial charge in [-0.15, -0.1) is 0 Å². The summed E-state index contributed by atoms with van der Waals surface area (Å²) in [5.41, 5.74) is 9.97. The Morgan fingerprint density at radius 1 is 0.261 bits per heavy atom. The molecule has 8 atom stereocenters. The molecule has 119 heavy (non-hydrogen) atoms. The molecule has 8 bridgehead atoms. The predicted octanol–water partition coefficient (Wildman–Crippen LogP) is 27.0. The molecule has 0 saturated heterocycles. The summed E-state index contributed by atoms with van der Waals surface area (Å²) in [7, 11) is -11.4. The molecule has 0 saturated carbocycles. The number of nitrogens with zero attached hydrogens (tertiary/aromatic N) is 1. The molecule has 1 aliphatic carbocycles. The number of rotatable bonds is 45. The van der Waals surface area contributed by atoms with Gasteiger partial charge in [0.1, 0.15) is 53.0 Å². The molecule has 14 rings (SSSR count). The molecule has 5 aliphatic rings. The third-order valence-corrected chi connectivity index (χ3v) is 30.9. The van der Waals surface area contributed by atoms with Crippen LogP contribution < -0.4 is 81.1 Å². The van der Waals surface area contributed by atoms with E-state index in [1.807, 2.05) is 115 Å². The van der Waals surface area contributed by atoms with Gasteiger partial charge in [-0.2, -0.15) is 0 Å². The summed E-state index contributed by atoms with van der Waals surface area (Å²) in [6, 6.07) is 57.7. The highest BCUT2D eigenvalue weighted by molar-refractivity contribution is 7.63. The summed E-state index contributed by atoms with van der Waals surface area (Å²) < 4.78 is 113. The van der Waals surface area contributed by atoms with Crippen molar-refractivity contribution in [3.05, 3.63) is 238 Å². The van der Waals surface area contributed by atoms with Crippen LogP contribution in [0.3, 0.4) is 0 Å². The zero-order valence-electron chi connectivity index (χ0n) is 71.7. The normalized spacial score (nSPS) is 20.2. The number of pyridine rings is 1. The average Bonchev–Trinajstić information content (AvgIpc) is 0.720. The number of hydrogen-bond acceptors (Lipinski definition) is 11. The van der Waals surface area contributed by atoms with Gasteiger partial charge in [0, 0.05) is 110 Å². The van der Waals surface area contributed by atoms with Crippen molar-refractivity contribution < 1.29 is 78.9 Å². The summed E-state index contributed by atoms with van der Waals surface area (Å²) in [6.07, 6.45) is 47.3. The zero-order chi connectivity index (χ0) is 81.5. The average molecular weight is 1780 g/mol. The van der Waals surface area contributed by atoms with E-state index in [1.165, 1.54) is 135 Å². The Morgan fingerprint density at radius 2 is 0.479 bits per heavy atom. The monoisotopic (exact) mass is 1780 g/mol. The van der Waals surface area contributed by atoms with Crippen LogP contribution in [0, 0.1) is 0 Å². The molecule has 0 amide bonds. The number of unbranched alkanes of at least 4 members (excludes halogenated alkanes) is 32.